The van der Waals surface area contributed by atoms with Gasteiger partial charge in [0.25, 0.3) is 5.91 Å². The van der Waals surface area contributed by atoms with Crippen LogP contribution in [-0.4, -0.2) is 30.5 Å². The van der Waals surface area contributed by atoms with Gasteiger partial charge in [0.15, 0.2) is 12.4 Å². The second-order valence-electron chi connectivity index (χ2n) is 6.76. The number of nitro benzene ring substituents is 1. The standard InChI is InChI=1S/C20H23N3O4/c1-14-5-8-18(23(25)26)19(11-14)27-13-20(24)21-17-7-6-16(12-15(17)2)22-9-3-4-10-22/h5-8,11-12H,3-4,9-10,13H2,1-2H3,(H,21,24). The molecule has 0 bridgehead atoms. The van der Waals surface area contributed by atoms with Crippen molar-refractivity contribution >= 4 is 23.0 Å². The van der Waals surface area contributed by atoms with Gasteiger partial charge in [0.05, 0.1) is 4.92 Å². The number of nitro groups is 1. The Morgan fingerprint density at radius 3 is 2.59 bits per heavy atom. The summed E-state index contributed by atoms with van der Waals surface area (Å²) in [6, 6.07) is 10.5. The van der Waals surface area contributed by atoms with Crippen LogP contribution in [0.15, 0.2) is 36.4 Å². The summed E-state index contributed by atoms with van der Waals surface area (Å²) in [5, 5.41) is 13.9. The van der Waals surface area contributed by atoms with Crippen LogP contribution >= 0.6 is 0 Å². The van der Waals surface area contributed by atoms with E-state index in [9.17, 15) is 14.9 Å². The molecule has 0 saturated carbocycles. The molecule has 2 aromatic carbocycles. The van der Waals surface area contributed by atoms with Crippen LogP contribution in [0.5, 0.6) is 5.75 Å². The molecular formula is C20H23N3O4. The first kappa shape index (κ1) is 18.7. The van der Waals surface area contributed by atoms with Crippen LogP contribution in [-0.2, 0) is 4.79 Å². The molecule has 1 fully saturated rings. The summed E-state index contributed by atoms with van der Waals surface area (Å²) in [5.41, 5.74) is 3.51. The number of nitrogens with zero attached hydrogens (tertiary/aromatic N) is 2. The third-order valence-electron chi connectivity index (χ3n) is 4.63. The Morgan fingerprint density at radius 2 is 1.93 bits per heavy atom. The summed E-state index contributed by atoms with van der Waals surface area (Å²) < 4.78 is 5.40. The normalized spacial score (nSPS) is 13.5. The molecule has 0 radical (unpaired) electrons. The largest absolute Gasteiger partial charge is 0.477 e. The number of benzene rings is 2. The van der Waals surface area contributed by atoms with Gasteiger partial charge in [-0.2, -0.15) is 0 Å². The fourth-order valence-electron chi connectivity index (χ4n) is 3.18. The number of aryl methyl sites for hydroxylation is 2. The van der Waals surface area contributed by atoms with E-state index in [2.05, 4.69) is 16.3 Å². The van der Waals surface area contributed by atoms with Crippen molar-refractivity contribution in [3.63, 3.8) is 0 Å². The monoisotopic (exact) mass is 369 g/mol. The van der Waals surface area contributed by atoms with E-state index in [0.29, 0.717) is 5.69 Å². The first-order valence-corrected chi connectivity index (χ1v) is 8.97. The summed E-state index contributed by atoms with van der Waals surface area (Å²) in [4.78, 5) is 25.1. The Morgan fingerprint density at radius 1 is 1.19 bits per heavy atom. The maximum Gasteiger partial charge on any atom is 0.310 e. The average Bonchev–Trinajstić information content (AvgIpc) is 3.16. The van der Waals surface area contributed by atoms with Crippen molar-refractivity contribution in [1.82, 2.24) is 0 Å². The van der Waals surface area contributed by atoms with Crippen LogP contribution in [0.3, 0.4) is 0 Å². The van der Waals surface area contributed by atoms with Gasteiger partial charge in [-0.05, 0) is 62.1 Å². The van der Waals surface area contributed by atoms with Crippen LogP contribution in [0.25, 0.3) is 0 Å². The molecule has 1 aliphatic heterocycles. The maximum absolute atomic E-state index is 12.2. The van der Waals surface area contributed by atoms with E-state index in [0.717, 1.165) is 29.9 Å². The van der Waals surface area contributed by atoms with Gasteiger partial charge >= 0.3 is 5.69 Å². The van der Waals surface area contributed by atoms with Crippen LogP contribution < -0.4 is 15.0 Å². The molecule has 0 spiro atoms. The summed E-state index contributed by atoms with van der Waals surface area (Å²) >= 11 is 0. The van der Waals surface area contributed by atoms with Gasteiger partial charge in [-0.1, -0.05) is 6.07 Å². The molecule has 7 heteroatoms. The second-order valence-corrected chi connectivity index (χ2v) is 6.76. The van der Waals surface area contributed by atoms with Crippen molar-refractivity contribution < 1.29 is 14.5 Å². The Hall–Kier alpha value is -3.09. The van der Waals surface area contributed by atoms with Crippen LogP contribution in [0.2, 0.25) is 0 Å². The van der Waals surface area contributed by atoms with E-state index in [1.54, 1.807) is 12.1 Å². The molecule has 1 N–H and O–H groups in total. The number of hydrogen-bond acceptors (Lipinski definition) is 5. The lowest BCUT2D eigenvalue weighted by Crippen LogP contribution is -2.21. The fraction of sp³-hybridized carbons (Fsp3) is 0.350. The molecule has 2 aromatic rings. The molecule has 142 valence electrons. The zero-order chi connectivity index (χ0) is 19.4. The molecule has 1 saturated heterocycles. The maximum atomic E-state index is 12.2. The molecule has 0 aliphatic carbocycles. The number of ether oxygens (including phenoxy) is 1. The number of hydrogen-bond donors (Lipinski definition) is 1. The van der Waals surface area contributed by atoms with E-state index in [-0.39, 0.29) is 24.0 Å². The second kappa shape index (κ2) is 8.07. The third kappa shape index (κ3) is 4.55. The zero-order valence-corrected chi connectivity index (χ0v) is 15.5. The highest BCUT2D eigenvalue weighted by molar-refractivity contribution is 5.93. The van der Waals surface area contributed by atoms with Gasteiger partial charge in [-0.3, -0.25) is 14.9 Å². The van der Waals surface area contributed by atoms with Crippen molar-refractivity contribution in [3.05, 3.63) is 57.6 Å². The molecule has 1 heterocycles. The van der Waals surface area contributed by atoms with Crippen LogP contribution in [0.4, 0.5) is 17.1 Å². The minimum Gasteiger partial charge on any atom is -0.477 e. The summed E-state index contributed by atoms with van der Waals surface area (Å²) in [5.74, 6) is -0.265. The molecule has 1 amide bonds. The number of rotatable bonds is 6. The predicted molar refractivity (Wildman–Crippen MR) is 105 cm³/mol. The van der Waals surface area contributed by atoms with Crippen molar-refractivity contribution in [3.8, 4) is 5.75 Å². The lowest BCUT2D eigenvalue weighted by atomic mass is 10.1. The van der Waals surface area contributed by atoms with E-state index in [1.807, 2.05) is 26.0 Å². The number of anilines is 2. The lowest BCUT2D eigenvalue weighted by Gasteiger charge is -2.19. The van der Waals surface area contributed by atoms with Gasteiger partial charge < -0.3 is 15.0 Å². The molecule has 0 unspecified atom stereocenters. The first-order valence-electron chi connectivity index (χ1n) is 8.97. The van der Waals surface area contributed by atoms with Crippen molar-refractivity contribution in [2.75, 3.05) is 29.9 Å². The predicted octanol–water partition coefficient (Wildman–Crippen LogP) is 3.83. The number of carbonyl (C=O) groups is 1. The zero-order valence-electron chi connectivity index (χ0n) is 15.5. The molecular weight excluding hydrogens is 346 g/mol. The summed E-state index contributed by atoms with van der Waals surface area (Å²) in [6.45, 7) is 5.59. The molecule has 0 aromatic heterocycles. The van der Waals surface area contributed by atoms with E-state index in [4.69, 9.17) is 4.74 Å². The van der Waals surface area contributed by atoms with Crippen LogP contribution in [0.1, 0.15) is 24.0 Å². The third-order valence-corrected chi connectivity index (χ3v) is 4.63. The fourth-order valence-corrected chi connectivity index (χ4v) is 3.18. The Labute approximate surface area is 158 Å². The van der Waals surface area contributed by atoms with E-state index < -0.39 is 4.92 Å². The van der Waals surface area contributed by atoms with Crippen molar-refractivity contribution in [1.29, 1.82) is 0 Å². The smallest absolute Gasteiger partial charge is 0.310 e. The molecule has 3 rings (SSSR count). The Balaban J connectivity index is 1.63. The Bertz CT molecular complexity index is 860. The lowest BCUT2D eigenvalue weighted by molar-refractivity contribution is -0.385. The average molecular weight is 369 g/mol. The highest BCUT2D eigenvalue weighted by atomic mass is 16.6. The number of carbonyl (C=O) groups excluding carboxylic acids is 1. The van der Waals surface area contributed by atoms with Crippen molar-refractivity contribution in [2.45, 2.75) is 26.7 Å². The number of amides is 1. The summed E-state index contributed by atoms with van der Waals surface area (Å²) in [7, 11) is 0. The minimum absolute atomic E-state index is 0.0938. The highest BCUT2D eigenvalue weighted by Crippen LogP contribution is 2.28. The van der Waals surface area contributed by atoms with E-state index >= 15 is 0 Å². The van der Waals surface area contributed by atoms with E-state index in [1.165, 1.54) is 18.9 Å². The van der Waals surface area contributed by atoms with Gasteiger partial charge in [0.1, 0.15) is 0 Å². The quantitative estimate of drug-likeness (QED) is 0.618. The van der Waals surface area contributed by atoms with Gasteiger partial charge in [-0.25, -0.2) is 0 Å². The number of nitrogens with one attached hydrogen (secondary N) is 1. The van der Waals surface area contributed by atoms with Crippen molar-refractivity contribution in [2.24, 2.45) is 0 Å². The van der Waals surface area contributed by atoms with Gasteiger partial charge in [0.2, 0.25) is 0 Å². The minimum atomic E-state index is -0.520. The first-order chi connectivity index (χ1) is 12.9. The SMILES string of the molecule is Cc1ccc([N+](=O)[O-])c(OCC(=O)Nc2ccc(N3CCCC3)cc2C)c1. The molecule has 27 heavy (non-hydrogen) atoms. The van der Waals surface area contributed by atoms with Gasteiger partial charge in [-0.15, -0.1) is 0 Å². The van der Waals surface area contributed by atoms with Gasteiger partial charge in [0, 0.05) is 30.5 Å². The highest BCUT2D eigenvalue weighted by Gasteiger charge is 2.17. The summed E-state index contributed by atoms with van der Waals surface area (Å²) in [6.07, 6.45) is 2.42. The molecule has 0 atom stereocenters. The molecule has 7 nitrogen and oxygen atoms in total. The molecule has 1 aliphatic rings. The Kier molecular flexibility index (Phi) is 5.59. The van der Waals surface area contributed by atoms with Crippen LogP contribution in [0, 0.1) is 24.0 Å². The topological polar surface area (TPSA) is 84.7 Å².